The molecule has 4 rings (SSSR count). The van der Waals surface area contributed by atoms with Crippen molar-refractivity contribution < 1.29 is 22.0 Å². The summed E-state index contributed by atoms with van der Waals surface area (Å²) in [6, 6.07) is 5.06. The first-order valence-electron chi connectivity index (χ1n) is 12.6. The molecule has 3 heterocycles. The summed E-state index contributed by atoms with van der Waals surface area (Å²) in [6.07, 6.45) is 3.87. The molecule has 10 heteroatoms. The molecule has 2 aromatic rings. The first kappa shape index (κ1) is 26.6. The smallest absolute Gasteiger partial charge is 0.253 e. The molecule has 7 nitrogen and oxygen atoms in total. The summed E-state index contributed by atoms with van der Waals surface area (Å²) in [5.41, 5.74) is 2.95. The van der Waals surface area contributed by atoms with Gasteiger partial charge in [-0.15, -0.1) is 0 Å². The zero-order valence-corrected chi connectivity index (χ0v) is 21.8. The molecule has 1 saturated carbocycles. The van der Waals surface area contributed by atoms with Gasteiger partial charge in [0.25, 0.3) is 5.91 Å². The molecule has 0 radical (unpaired) electrons. The quantitative estimate of drug-likeness (QED) is 0.550. The Labute approximate surface area is 211 Å². The summed E-state index contributed by atoms with van der Waals surface area (Å²) in [4.78, 5) is 24.1. The van der Waals surface area contributed by atoms with Crippen molar-refractivity contribution in [2.24, 2.45) is 11.8 Å². The van der Waals surface area contributed by atoms with Gasteiger partial charge in [0.2, 0.25) is 5.92 Å². The third-order valence-corrected chi connectivity index (χ3v) is 8.96. The third kappa shape index (κ3) is 5.91. The molecule has 196 valence electrons. The lowest BCUT2D eigenvalue weighted by Crippen LogP contribution is -2.34. The molecule has 1 fully saturated rings. The number of rotatable bonds is 8. The van der Waals surface area contributed by atoms with Gasteiger partial charge in [-0.2, -0.15) is 0 Å². The minimum atomic E-state index is -3.32. The van der Waals surface area contributed by atoms with Crippen LogP contribution in [0.4, 0.5) is 8.78 Å². The standard InChI is InChI=1S/C26H34F2N4O3S/c1-4-36(34,35)22-6-5-21(29-14-22)13-31-25(33)19-11-20-16-32(24(17(2)3)23(20)30-12-19)15-18-7-9-26(27,28)10-8-18/h5-6,11-12,14,17-18,24H,4,7-10,13,15-16H2,1-3H3,(H,31,33)/t24-/m0/s1. The van der Waals surface area contributed by atoms with Crippen molar-refractivity contribution in [3.05, 3.63) is 53.1 Å². The number of halogens is 2. The van der Waals surface area contributed by atoms with E-state index in [0.29, 0.717) is 36.6 Å². The molecule has 1 amide bonds. The molecule has 0 unspecified atom stereocenters. The second-order valence-electron chi connectivity index (χ2n) is 10.3. The Balaban J connectivity index is 1.40. The van der Waals surface area contributed by atoms with Crippen molar-refractivity contribution in [3.8, 4) is 0 Å². The van der Waals surface area contributed by atoms with Gasteiger partial charge in [-0.05, 0) is 48.4 Å². The van der Waals surface area contributed by atoms with Crippen molar-refractivity contribution >= 4 is 15.7 Å². The van der Waals surface area contributed by atoms with Crippen LogP contribution in [0.1, 0.15) is 79.8 Å². The molecule has 0 saturated heterocycles. The summed E-state index contributed by atoms with van der Waals surface area (Å²) >= 11 is 0. The Morgan fingerprint density at radius 1 is 1.19 bits per heavy atom. The number of fused-ring (bicyclic) bond motifs is 1. The van der Waals surface area contributed by atoms with Crippen LogP contribution in [0.5, 0.6) is 0 Å². The fourth-order valence-electron chi connectivity index (χ4n) is 5.20. The van der Waals surface area contributed by atoms with Crippen LogP contribution >= 0.6 is 0 Å². The van der Waals surface area contributed by atoms with Gasteiger partial charge in [0.1, 0.15) is 0 Å². The Hall–Kier alpha value is -2.46. The topological polar surface area (TPSA) is 92.3 Å². The highest BCUT2D eigenvalue weighted by atomic mass is 32.2. The van der Waals surface area contributed by atoms with E-state index in [-0.39, 0.29) is 47.9 Å². The molecule has 1 atom stereocenters. The lowest BCUT2D eigenvalue weighted by atomic mass is 9.86. The second-order valence-corrected chi connectivity index (χ2v) is 12.5. The van der Waals surface area contributed by atoms with E-state index < -0.39 is 15.8 Å². The number of amides is 1. The van der Waals surface area contributed by atoms with Crippen LogP contribution < -0.4 is 5.32 Å². The van der Waals surface area contributed by atoms with Crippen LogP contribution in [0.3, 0.4) is 0 Å². The van der Waals surface area contributed by atoms with Gasteiger partial charge in [0, 0.05) is 38.3 Å². The largest absolute Gasteiger partial charge is 0.346 e. The Morgan fingerprint density at radius 2 is 1.92 bits per heavy atom. The molecule has 1 aliphatic heterocycles. The predicted molar refractivity (Wildman–Crippen MR) is 132 cm³/mol. The van der Waals surface area contributed by atoms with Crippen LogP contribution in [-0.4, -0.2) is 47.4 Å². The minimum Gasteiger partial charge on any atom is -0.346 e. The Morgan fingerprint density at radius 3 is 2.53 bits per heavy atom. The highest BCUT2D eigenvalue weighted by Gasteiger charge is 2.39. The van der Waals surface area contributed by atoms with Crippen LogP contribution in [0.2, 0.25) is 0 Å². The molecule has 0 bridgehead atoms. The van der Waals surface area contributed by atoms with Crippen molar-refractivity contribution in [2.45, 2.75) is 76.4 Å². The maximum atomic E-state index is 13.6. The van der Waals surface area contributed by atoms with E-state index >= 15 is 0 Å². The number of nitrogens with zero attached hydrogens (tertiary/aromatic N) is 3. The molecule has 1 N–H and O–H groups in total. The summed E-state index contributed by atoms with van der Waals surface area (Å²) in [5, 5.41) is 2.82. The number of hydrogen-bond donors (Lipinski definition) is 1. The molecule has 0 spiro atoms. The number of carbonyl (C=O) groups excluding carboxylic acids is 1. The molecule has 2 aromatic heterocycles. The molecule has 1 aliphatic carbocycles. The van der Waals surface area contributed by atoms with Gasteiger partial charge in [0.05, 0.1) is 40.2 Å². The highest BCUT2D eigenvalue weighted by Crippen LogP contribution is 2.41. The van der Waals surface area contributed by atoms with Crippen LogP contribution in [-0.2, 0) is 22.9 Å². The number of sulfone groups is 1. The van der Waals surface area contributed by atoms with Gasteiger partial charge in [-0.3, -0.25) is 19.7 Å². The fraction of sp³-hybridized carbons (Fsp3) is 0.577. The van der Waals surface area contributed by atoms with Crippen molar-refractivity contribution in [1.29, 1.82) is 0 Å². The lowest BCUT2D eigenvalue weighted by molar-refractivity contribution is -0.0506. The average Bonchev–Trinajstić information content (AvgIpc) is 3.21. The Kier molecular flexibility index (Phi) is 7.75. The number of alkyl halides is 2. The second kappa shape index (κ2) is 10.5. The SMILES string of the molecule is CCS(=O)(=O)c1ccc(CNC(=O)c2cnc3c(c2)CN(CC2CCC(F)(F)CC2)[C@H]3C(C)C)nc1. The molecule has 36 heavy (non-hydrogen) atoms. The van der Waals surface area contributed by atoms with Crippen LogP contribution in [0.15, 0.2) is 35.5 Å². The zero-order chi connectivity index (χ0) is 26.1. The van der Waals surface area contributed by atoms with E-state index in [4.69, 9.17) is 0 Å². The first-order chi connectivity index (χ1) is 17.0. The summed E-state index contributed by atoms with van der Waals surface area (Å²) < 4.78 is 51.0. The number of aromatic nitrogens is 2. The summed E-state index contributed by atoms with van der Waals surface area (Å²) in [6.45, 7) is 7.41. The van der Waals surface area contributed by atoms with Crippen LogP contribution in [0, 0.1) is 11.8 Å². The summed E-state index contributed by atoms with van der Waals surface area (Å²) in [5.74, 6) is -2.27. The number of carbonyl (C=O) groups is 1. The van der Waals surface area contributed by atoms with Gasteiger partial charge < -0.3 is 5.32 Å². The lowest BCUT2D eigenvalue weighted by Gasteiger charge is -2.34. The van der Waals surface area contributed by atoms with Crippen LogP contribution in [0.25, 0.3) is 0 Å². The summed E-state index contributed by atoms with van der Waals surface area (Å²) in [7, 11) is -3.32. The van der Waals surface area contributed by atoms with Crippen molar-refractivity contribution in [1.82, 2.24) is 20.2 Å². The van der Waals surface area contributed by atoms with E-state index in [1.165, 1.54) is 12.3 Å². The van der Waals surface area contributed by atoms with E-state index in [1.807, 2.05) is 6.07 Å². The Bertz CT molecular complexity index is 1190. The van der Waals surface area contributed by atoms with Gasteiger partial charge in [-0.25, -0.2) is 17.2 Å². The normalized spacial score (nSPS) is 20.4. The van der Waals surface area contributed by atoms with Gasteiger partial charge in [-0.1, -0.05) is 20.8 Å². The number of pyridine rings is 2. The monoisotopic (exact) mass is 520 g/mol. The zero-order valence-electron chi connectivity index (χ0n) is 21.0. The number of nitrogens with one attached hydrogen (secondary N) is 1. The molecular weight excluding hydrogens is 486 g/mol. The fourth-order valence-corrected chi connectivity index (χ4v) is 6.02. The maximum absolute atomic E-state index is 13.6. The minimum absolute atomic E-state index is 0.00177. The predicted octanol–water partition coefficient (Wildman–Crippen LogP) is 4.54. The maximum Gasteiger partial charge on any atom is 0.253 e. The molecule has 2 aliphatic rings. The third-order valence-electron chi connectivity index (χ3n) is 7.24. The van der Waals surface area contributed by atoms with E-state index in [0.717, 1.165) is 17.8 Å². The first-order valence-corrected chi connectivity index (χ1v) is 14.2. The number of hydrogen-bond acceptors (Lipinski definition) is 6. The van der Waals surface area contributed by atoms with Crippen molar-refractivity contribution in [2.75, 3.05) is 12.3 Å². The highest BCUT2D eigenvalue weighted by molar-refractivity contribution is 7.91. The van der Waals surface area contributed by atoms with Gasteiger partial charge in [0.15, 0.2) is 9.84 Å². The van der Waals surface area contributed by atoms with E-state index in [9.17, 15) is 22.0 Å². The van der Waals surface area contributed by atoms with E-state index in [1.54, 1.807) is 19.2 Å². The average molecular weight is 521 g/mol. The van der Waals surface area contributed by atoms with E-state index in [2.05, 4.69) is 34.0 Å². The van der Waals surface area contributed by atoms with Crippen molar-refractivity contribution in [3.63, 3.8) is 0 Å². The van der Waals surface area contributed by atoms with Gasteiger partial charge >= 0.3 is 0 Å². The molecule has 0 aromatic carbocycles. The molecular formula is C26H34F2N4O3S.